The van der Waals surface area contributed by atoms with Crippen molar-refractivity contribution in [1.29, 1.82) is 0 Å². The highest BCUT2D eigenvalue weighted by Crippen LogP contribution is 2.22. The van der Waals surface area contributed by atoms with E-state index in [0.717, 1.165) is 10.2 Å². The van der Waals surface area contributed by atoms with E-state index in [2.05, 4.69) is 20.5 Å². The molecule has 3 aromatic heterocycles. The van der Waals surface area contributed by atoms with Crippen LogP contribution in [0.3, 0.4) is 0 Å². The molecular weight excluding hydrogens is 354 g/mol. The molecule has 1 N–H and O–H groups in total. The normalized spacial score (nSPS) is 11.3. The molecule has 0 saturated carbocycles. The fourth-order valence-corrected chi connectivity index (χ4v) is 2.77. The molecule has 27 heavy (non-hydrogen) atoms. The Morgan fingerprint density at radius 2 is 2.04 bits per heavy atom. The molecule has 9 heteroatoms. The summed E-state index contributed by atoms with van der Waals surface area (Å²) >= 11 is 0. The Hall–Kier alpha value is -3.62. The molecular formula is C18H14F2N6O. The predicted octanol–water partition coefficient (Wildman–Crippen LogP) is 3.41. The van der Waals surface area contributed by atoms with Crippen LogP contribution < -0.4 is 5.32 Å². The minimum Gasteiger partial charge on any atom is -0.322 e. The molecule has 0 unspecified atom stereocenters. The summed E-state index contributed by atoms with van der Waals surface area (Å²) < 4.78 is 29.1. The Morgan fingerprint density at radius 1 is 1.19 bits per heavy atom. The summed E-state index contributed by atoms with van der Waals surface area (Å²) in [5, 5.41) is 10.8. The van der Waals surface area contributed by atoms with Gasteiger partial charge in [-0.25, -0.2) is 23.0 Å². The van der Waals surface area contributed by atoms with Crippen LogP contribution in [0.5, 0.6) is 0 Å². The number of hydrogen-bond donors (Lipinski definition) is 1. The van der Waals surface area contributed by atoms with E-state index in [1.165, 1.54) is 12.3 Å². The van der Waals surface area contributed by atoms with Crippen LogP contribution >= 0.6 is 0 Å². The monoisotopic (exact) mass is 368 g/mol. The molecule has 0 aliphatic carbocycles. The number of nitrogens with one attached hydrogen (secondary N) is 1. The second-order valence-electron chi connectivity index (χ2n) is 5.87. The van der Waals surface area contributed by atoms with Gasteiger partial charge in [0.2, 0.25) is 0 Å². The summed E-state index contributed by atoms with van der Waals surface area (Å²) in [6, 6.07) is 10.1. The Morgan fingerprint density at radius 3 is 2.78 bits per heavy atom. The third-order valence-electron chi connectivity index (χ3n) is 3.97. The number of aryl methyl sites for hydroxylation is 1. The van der Waals surface area contributed by atoms with Crippen LogP contribution in [0.1, 0.15) is 28.2 Å². The van der Waals surface area contributed by atoms with Crippen molar-refractivity contribution in [2.75, 3.05) is 5.32 Å². The SMILES string of the molecule is Cc1cc(C(F)F)n2ncc(C(=O)Nc3cccc(-n4cccn4)c3)c2n1. The first-order valence-electron chi connectivity index (χ1n) is 8.08. The fourth-order valence-electron chi connectivity index (χ4n) is 2.77. The number of carbonyl (C=O) groups excluding carboxylic acids is 1. The highest BCUT2D eigenvalue weighted by molar-refractivity contribution is 6.08. The Balaban J connectivity index is 1.67. The van der Waals surface area contributed by atoms with Crippen molar-refractivity contribution in [3.8, 4) is 5.69 Å². The third-order valence-corrected chi connectivity index (χ3v) is 3.97. The van der Waals surface area contributed by atoms with E-state index < -0.39 is 12.3 Å². The van der Waals surface area contributed by atoms with Gasteiger partial charge in [-0.15, -0.1) is 0 Å². The topological polar surface area (TPSA) is 77.1 Å². The van der Waals surface area contributed by atoms with Gasteiger partial charge in [0.25, 0.3) is 12.3 Å². The van der Waals surface area contributed by atoms with E-state index >= 15 is 0 Å². The molecule has 3 heterocycles. The van der Waals surface area contributed by atoms with Gasteiger partial charge >= 0.3 is 0 Å². The van der Waals surface area contributed by atoms with Crippen LogP contribution in [0, 0.1) is 6.92 Å². The number of fused-ring (bicyclic) bond motifs is 1. The van der Waals surface area contributed by atoms with Gasteiger partial charge < -0.3 is 5.32 Å². The number of alkyl halides is 2. The molecule has 136 valence electrons. The van der Waals surface area contributed by atoms with Gasteiger partial charge in [-0.3, -0.25) is 4.79 Å². The molecule has 0 aliphatic heterocycles. The van der Waals surface area contributed by atoms with E-state index in [4.69, 9.17) is 0 Å². The maximum absolute atomic E-state index is 13.2. The van der Waals surface area contributed by atoms with Crippen molar-refractivity contribution in [2.45, 2.75) is 13.3 Å². The first-order chi connectivity index (χ1) is 13.0. The summed E-state index contributed by atoms with van der Waals surface area (Å²) in [7, 11) is 0. The number of rotatable bonds is 4. The zero-order valence-corrected chi connectivity index (χ0v) is 14.2. The first kappa shape index (κ1) is 16.8. The largest absolute Gasteiger partial charge is 0.322 e. The van der Waals surface area contributed by atoms with Crippen LogP contribution in [0.15, 0.2) is 55.0 Å². The number of nitrogens with zero attached hydrogens (tertiary/aromatic N) is 5. The number of amides is 1. The Bertz CT molecular complexity index is 1120. The van der Waals surface area contributed by atoms with Crippen molar-refractivity contribution in [2.24, 2.45) is 0 Å². The lowest BCUT2D eigenvalue weighted by molar-refractivity contribution is 0.102. The van der Waals surface area contributed by atoms with Crippen LogP contribution in [-0.4, -0.2) is 30.3 Å². The Kier molecular flexibility index (Phi) is 4.11. The molecule has 0 spiro atoms. The lowest BCUT2D eigenvalue weighted by Gasteiger charge is -2.08. The second-order valence-corrected chi connectivity index (χ2v) is 5.87. The zero-order valence-electron chi connectivity index (χ0n) is 14.2. The molecule has 4 rings (SSSR count). The Labute approximate surface area is 152 Å². The van der Waals surface area contributed by atoms with Crippen LogP contribution in [-0.2, 0) is 0 Å². The van der Waals surface area contributed by atoms with Gasteiger partial charge in [-0.1, -0.05) is 6.07 Å². The molecule has 0 bridgehead atoms. The van der Waals surface area contributed by atoms with Gasteiger partial charge in [-0.05, 0) is 37.3 Å². The fraction of sp³-hybridized carbons (Fsp3) is 0.111. The van der Waals surface area contributed by atoms with Crippen molar-refractivity contribution in [3.05, 3.63) is 71.9 Å². The molecule has 0 aliphatic rings. The van der Waals surface area contributed by atoms with E-state index in [9.17, 15) is 13.6 Å². The lowest BCUT2D eigenvalue weighted by atomic mass is 10.2. The molecule has 4 aromatic rings. The highest BCUT2D eigenvalue weighted by atomic mass is 19.3. The average Bonchev–Trinajstić information content (AvgIpc) is 3.31. The maximum Gasteiger partial charge on any atom is 0.280 e. The summed E-state index contributed by atoms with van der Waals surface area (Å²) in [6.07, 6.45) is 1.94. The summed E-state index contributed by atoms with van der Waals surface area (Å²) in [5.41, 5.74) is 1.59. The number of benzene rings is 1. The zero-order chi connectivity index (χ0) is 19.0. The first-order valence-corrected chi connectivity index (χ1v) is 8.08. The second kappa shape index (κ2) is 6.60. The summed E-state index contributed by atoms with van der Waals surface area (Å²) in [5.74, 6) is -0.485. The van der Waals surface area contributed by atoms with Crippen LogP contribution in [0.25, 0.3) is 11.3 Å². The van der Waals surface area contributed by atoms with Crippen LogP contribution in [0.2, 0.25) is 0 Å². The van der Waals surface area contributed by atoms with E-state index in [0.29, 0.717) is 11.4 Å². The molecule has 1 amide bonds. The molecule has 0 atom stereocenters. The summed E-state index contributed by atoms with van der Waals surface area (Å²) in [6.45, 7) is 1.59. The number of carbonyl (C=O) groups is 1. The number of hydrogen-bond acceptors (Lipinski definition) is 4. The number of halogens is 2. The highest BCUT2D eigenvalue weighted by Gasteiger charge is 2.20. The predicted molar refractivity (Wildman–Crippen MR) is 94.2 cm³/mol. The van der Waals surface area contributed by atoms with Crippen molar-refractivity contribution in [3.63, 3.8) is 0 Å². The van der Waals surface area contributed by atoms with Gasteiger partial charge in [0.1, 0.15) is 11.3 Å². The third kappa shape index (κ3) is 3.14. The minimum absolute atomic E-state index is 0.0889. The standard InChI is InChI=1S/C18H14F2N6O/c1-11-8-15(16(19)20)26-17(23-11)14(10-22-26)18(27)24-12-4-2-5-13(9-12)25-7-3-6-21-25/h2-10,16H,1H3,(H,24,27). The van der Waals surface area contributed by atoms with Gasteiger partial charge in [0.05, 0.1) is 11.9 Å². The van der Waals surface area contributed by atoms with E-state index in [1.807, 2.05) is 6.07 Å². The summed E-state index contributed by atoms with van der Waals surface area (Å²) in [4.78, 5) is 16.9. The van der Waals surface area contributed by atoms with Gasteiger partial charge in [-0.2, -0.15) is 10.2 Å². The molecule has 7 nitrogen and oxygen atoms in total. The lowest BCUT2D eigenvalue weighted by Crippen LogP contribution is -2.13. The van der Waals surface area contributed by atoms with Gasteiger partial charge in [0.15, 0.2) is 5.65 Å². The molecule has 1 aromatic carbocycles. The van der Waals surface area contributed by atoms with Crippen molar-refractivity contribution < 1.29 is 13.6 Å². The van der Waals surface area contributed by atoms with E-state index in [1.54, 1.807) is 48.3 Å². The van der Waals surface area contributed by atoms with Gasteiger partial charge in [0, 0.05) is 23.8 Å². The van der Waals surface area contributed by atoms with E-state index in [-0.39, 0.29) is 16.9 Å². The molecule has 0 radical (unpaired) electrons. The smallest absolute Gasteiger partial charge is 0.280 e. The van der Waals surface area contributed by atoms with Crippen molar-refractivity contribution >= 4 is 17.2 Å². The minimum atomic E-state index is -2.73. The molecule has 0 fully saturated rings. The average molecular weight is 368 g/mol. The number of anilines is 1. The molecule has 0 saturated heterocycles. The number of aromatic nitrogens is 5. The maximum atomic E-state index is 13.2. The van der Waals surface area contributed by atoms with Crippen molar-refractivity contribution in [1.82, 2.24) is 24.4 Å². The quantitative estimate of drug-likeness (QED) is 0.599. The van der Waals surface area contributed by atoms with Crippen LogP contribution in [0.4, 0.5) is 14.5 Å².